The summed E-state index contributed by atoms with van der Waals surface area (Å²) < 4.78 is 11.8. The fourth-order valence-electron chi connectivity index (χ4n) is 4.61. The van der Waals surface area contributed by atoms with E-state index < -0.39 is 0 Å². The molecule has 3 aliphatic rings. The minimum atomic E-state index is -0.385. The van der Waals surface area contributed by atoms with Crippen molar-refractivity contribution >= 4 is 5.91 Å². The Hall–Kier alpha value is -1.07. The van der Waals surface area contributed by atoms with Gasteiger partial charge in [-0.1, -0.05) is 27.2 Å². The first-order chi connectivity index (χ1) is 12.4. The van der Waals surface area contributed by atoms with Crippen LogP contribution in [0.15, 0.2) is 11.8 Å². The summed E-state index contributed by atoms with van der Waals surface area (Å²) in [5, 5.41) is 12.1. The van der Waals surface area contributed by atoms with Crippen LogP contribution in [0.1, 0.15) is 65.7 Å². The summed E-state index contributed by atoms with van der Waals surface area (Å²) in [4.78, 5) is 12.8. The van der Waals surface area contributed by atoms with Crippen LogP contribution in [0.3, 0.4) is 0 Å². The maximum atomic E-state index is 12.8. The van der Waals surface area contributed by atoms with Gasteiger partial charge >= 0.3 is 0 Å². The molecule has 5 heteroatoms. The van der Waals surface area contributed by atoms with Crippen LogP contribution in [-0.2, 0) is 14.3 Å². The maximum Gasteiger partial charge on any atom is 0.286 e. The van der Waals surface area contributed by atoms with Gasteiger partial charge in [-0.05, 0) is 61.3 Å². The Morgan fingerprint density at radius 2 is 2.08 bits per heavy atom. The van der Waals surface area contributed by atoms with E-state index in [1.807, 2.05) is 6.08 Å². The fourth-order valence-corrected chi connectivity index (χ4v) is 4.61. The Morgan fingerprint density at radius 3 is 2.69 bits per heavy atom. The molecule has 2 N–H and O–H groups in total. The van der Waals surface area contributed by atoms with Crippen LogP contribution in [0.2, 0.25) is 0 Å². The van der Waals surface area contributed by atoms with E-state index in [1.54, 1.807) is 0 Å². The van der Waals surface area contributed by atoms with Crippen molar-refractivity contribution in [2.45, 2.75) is 78.0 Å². The van der Waals surface area contributed by atoms with E-state index >= 15 is 0 Å². The van der Waals surface area contributed by atoms with Crippen LogP contribution in [0.25, 0.3) is 0 Å². The Balaban J connectivity index is 1.60. The lowest BCUT2D eigenvalue weighted by atomic mass is 9.77. The average molecular weight is 366 g/mol. The highest BCUT2D eigenvalue weighted by Crippen LogP contribution is 2.44. The zero-order valence-electron chi connectivity index (χ0n) is 16.5. The number of allylic oxidation sites excluding steroid dienone is 1. The Morgan fingerprint density at radius 1 is 1.27 bits per heavy atom. The minimum absolute atomic E-state index is 0.0500. The second-order valence-corrected chi connectivity index (χ2v) is 9.34. The molecule has 5 atom stereocenters. The number of ether oxygens (including phenoxy) is 2. The van der Waals surface area contributed by atoms with Crippen molar-refractivity contribution in [1.82, 2.24) is 5.32 Å². The van der Waals surface area contributed by atoms with Crippen molar-refractivity contribution in [3.05, 3.63) is 11.8 Å². The van der Waals surface area contributed by atoms with E-state index in [4.69, 9.17) is 14.6 Å². The first-order valence-electron chi connectivity index (χ1n) is 10.3. The maximum absolute atomic E-state index is 12.8. The van der Waals surface area contributed by atoms with E-state index in [0.717, 1.165) is 31.6 Å². The summed E-state index contributed by atoms with van der Waals surface area (Å²) in [5.41, 5.74) is 0.0500. The van der Waals surface area contributed by atoms with E-state index in [-0.39, 0.29) is 30.1 Å². The third kappa shape index (κ3) is 4.80. The van der Waals surface area contributed by atoms with Gasteiger partial charge in [0.1, 0.15) is 0 Å². The molecule has 2 aliphatic carbocycles. The molecule has 26 heavy (non-hydrogen) atoms. The van der Waals surface area contributed by atoms with Crippen LogP contribution < -0.4 is 5.32 Å². The van der Waals surface area contributed by atoms with Gasteiger partial charge in [0.15, 0.2) is 5.76 Å². The predicted octanol–water partition coefficient (Wildman–Crippen LogP) is 3.37. The summed E-state index contributed by atoms with van der Waals surface area (Å²) in [6, 6.07) is 0.310. The van der Waals surface area contributed by atoms with Gasteiger partial charge < -0.3 is 19.9 Å². The lowest BCUT2D eigenvalue weighted by Gasteiger charge is -2.36. The molecule has 3 rings (SSSR count). The molecule has 1 aliphatic heterocycles. The Kier molecular flexibility index (Phi) is 6.29. The van der Waals surface area contributed by atoms with Gasteiger partial charge in [0.05, 0.1) is 6.61 Å². The van der Waals surface area contributed by atoms with Crippen LogP contribution in [0.4, 0.5) is 0 Å². The predicted molar refractivity (Wildman–Crippen MR) is 100 cm³/mol. The Labute approximate surface area is 157 Å². The first-order valence-corrected chi connectivity index (χ1v) is 10.3. The molecule has 0 aromatic carbocycles. The molecule has 2 bridgehead atoms. The molecule has 2 saturated carbocycles. The minimum Gasteiger partial charge on any atom is -0.459 e. The molecule has 3 unspecified atom stereocenters. The van der Waals surface area contributed by atoms with Crippen LogP contribution in [0, 0.1) is 23.2 Å². The molecule has 0 aromatic heterocycles. The molecular formula is C21H35NO4. The molecule has 2 fully saturated rings. The number of hydrogen-bond acceptors (Lipinski definition) is 4. The molecular weight excluding hydrogens is 330 g/mol. The van der Waals surface area contributed by atoms with Gasteiger partial charge in [-0.15, -0.1) is 0 Å². The number of aliphatic hydroxyl groups excluding tert-OH is 1. The SMILES string of the molecule is CC(C)(C)[C@H]1C=C(C(=O)NC2CC3CCC2C3)O[C@@H](OCCCCO)C1. The fraction of sp³-hybridized carbons (Fsp3) is 0.857. The highest BCUT2D eigenvalue weighted by atomic mass is 16.7. The summed E-state index contributed by atoms with van der Waals surface area (Å²) in [5.74, 6) is 2.03. The van der Waals surface area contributed by atoms with E-state index in [2.05, 4.69) is 26.1 Å². The highest BCUT2D eigenvalue weighted by Gasteiger charge is 2.41. The van der Waals surface area contributed by atoms with Crippen molar-refractivity contribution in [2.24, 2.45) is 23.2 Å². The summed E-state index contributed by atoms with van der Waals surface area (Å²) >= 11 is 0. The average Bonchev–Trinajstić information content (AvgIpc) is 3.20. The molecule has 0 aromatic rings. The van der Waals surface area contributed by atoms with Crippen molar-refractivity contribution in [3.63, 3.8) is 0 Å². The summed E-state index contributed by atoms with van der Waals surface area (Å²) in [7, 11) is 0. The number of fused-ring (bicyclic) bond motifs is 2. The van der Waals surface area contributed by atoms with E-state index in [1.165, 1.54) is 19.3 Å². The Bertz CT molecular complexity index is 525. The van der Waals surface area contributed by atoms with Crippen molar-refractivity contribution in [2.75, 3.05) is 13.2 Å². The number of unbranched alkanes of at least 4 members (excludes halogenated alkanes) is 1. The largest absolute Gasteiger partial charge is 0.459 e. The number of amides is 1. The number of aliphatic hydroxyl groups is 1. The molecule has 0 radical (unpaired) electrons. The van der Waals surface area contributed by atoms with Crippen LogP contribution >= 0.6 is 0 Å². The standard InChI is InChI=1S/C21H35NO4/c1-21(2,3)16-12-18(26-19(13-16)25-9-5-4-8-23)20(24)22-17-11-14-6-7-15(17)10-14/h12,14-17,19,23H,4-11,13H2,1-3H3,(H,22,24)/t14?,15?,16-,17?,19+/m0/s1. The number of hydrogen-bond donors (Lipinski definition) is 2. The smallest absolute Gasteiger partial charge is 0.286 e. The van der Waals surface area contributed by atoms with Crippen molar-refractivity contribution in [1.29, 1.82) is 0 Å². The van der Waals surface area contributed by atoms with E-state index in [0.29, 0.717) is 24.3 Å². The van der Waals surface area contributed by atoms with Gasteiger partial charge in [0.25, 0.3) is 5.91 Å². The number of carbonyl (C=O) groups is 1. The third-order valence-corrected chi connectivity index (χ3v) is 6.30. The highest BCUT2D eigenvalue weighted by molar-refractivity contribution is 5.91. The molecule has 148 valence electrons. The van der Waals surface area contributed by atoms with Crippen LogP contribution in [-0.4, -0.2) is 36.6 Å². The lowest BCUT2D eigenvalue weighted by Crippen LogP contribution is -2.42. The van der Waals surface area contributed by atoms with Gasteiger partial charge in [-0.3, -0.25) is 4.79 Å². The lowest BCUT2D eigenvalue weighted by molar-refractivity contribution is -0.153. The second-order valence-electron chi connectivity index (χ2n) is 9.34. The van der Waals surface area contributed by atoms with E-state index in [9.17, 15) is 4.79 Å². The van der Waals surface area contributed by atoms with Crippen molar-refractivity contribution in [3.8, 4) is 0 Å². The van der Waals surface area contributed by atoms with Crippen molar-refractivity contribution < 1.29 is 19.4 Å². The van der Waals surface area contributed by atoms with Gasteiger partial charge in [-0.2, -0.15) is 0 Å². The first kappa shape index (κ1) is 19.7. The van der Waals surface area contributed by atoms with Gasteiger partial charge in [0.2, 0.25) is 6.29 Å². The molecule has 1 amide bonds. The third-order valence-electron chi connectivity index (χ3n) is 6.30. The molecule has 0 saturated heterocycles. The van der Waals surface area contributed by atoms with Gasteiger partial charge in [0, 0.05) is 19.1 Å². The van der Waals surface area contributed by atoms with Gasteiger partial charge in [-0.25, -0.2) is 0 Å². The monoisotopic (exact) mass is 365 g/mol. The molecule has 0 spiro atoms. The number of nitrogens with one attached hydrogen (secondary N) is 1. The number of rotatable bonds is 7. The quantitative estimate of drug-likeness (QED) is 0.679. The topological polar surface area (TPSA) is 67.8 Å². The normalized spacial score (nSPS) is 33.7. The number of carbonyl (C=O) groups excluding carboxylic acids is 1. The second kappa shape index (κ2) is 8.30. The van der Waals surface area contributed by atoms with Crippen LogP contribution in [0.5, 0.6) is 0 Å². The summed E-state index contributed by atoms with van der Waals surface area (Å²) in [6.45, 7) is 7.29. The summed E-state index contributed by atoms with van der Waals surface area (Å²) in [6.07, 6.45) is 8.85. The molecule has 1 heterocycles. The molecule has 5 nitrogen and oxygen atoms in total. The zero-order valence-corrected chi connectivity index (χ0v) is 16.5. The zero-order chi connectivity index (χ0) is 18.7.